The number of carbonyl (C=O) groups is 2. The molecule has 1 amide bonds. The Morgan fingerprint density at radius 1 is 1.38 bits per heavy atom. The Morgan fingerprint density at radius 2 is 2.08 bits per heavy atom. The maximum atomic E-state index is 12.3. The second-order valence-electron chi connectivity index (χ2n) is 5.74. The van der Waals surface area contributed by atoms with Crippen molar-refractivity contribution in [2.45, 2.75) is 36.8 Å². The van der Waals surface area contributed by atoms with Gasteiger partial charge in [-0.3, -0.25) is 4.79 Å². The fourth-order valence-electron chi connectivity index (χ4n) is 2.59. The first-order chi connectivity index (χ1) is 11.5. The van der Waals surface area contributed by atoms with Gasteiger partial charge in [0.2, 0.25) is 0 Å². The highest BCUT2D eigenvalue weighted by atomic mass is 32.2. The SMILES string of the molecule is CSc1ccc(OC(C)C(=O)NC(C(=O)O)C2CCCOC2)cc1. The van der Waals surface area contributed by atoms with E-state index in [1.165, 1.54) is 0 Å². The van der Waals surface area contributed by atoms with E-state index in [2.05, 4.69) is 5.32 Å². The van der Waals surface area contributed by atoms with E-state index in [4.69, 9.17) is 9.47 Å². The quantitative estimate of drug-likeness (QED) is 0.731. The lowest BCUT2D eigenvalue weighted by atomic mass is 9.93. The molecule has 24 heavy (non-hydrogen) atoms. The summed E-state index contributed by atoms with van der Waals surface area (Å²) in [7, 11) is 0. The van der Waals surface area contributed by atoms with E-state index < -0.39 is 24.0 Å². The summed E-state index contributed by atoms with van der Waals surface area (Å²) < 4.78 is 10.9. The third-order valence-corrected chi connectivity index (χ3v) is 4.72. The van der Waals surface area contributed by atoms with Gasteiger partial charge in [-0.15, -0.1) is 11.8 Å². The Labute approximate surface area is 145 Å². The zero-order chi connectivity index (χ0) is 17.5. The van der Waals surface area contributed by atoms with Crippen LogP contribution >= 0.6 is 11.8 Å². The van der Waals surface area contributed by atoms with Gasteiger partial charge in [0, 0.05) is 17.4 Å². The molecule has 3 unspecified atom stereocenters. The molecule has 1 aliphatic heterocycles. The standard InChI is InChI=1S/C17H23NO5S/c1-11(23-13-5-7-14(24-2)8-6-13)16(19)18-15(17(20)21)12-4-3-9-22-10-12/h5-8,11-12,15H,3-4,9-10H2,1-2H3,(H,18,19)(H,20,21). The number of nitrogens with one attached hydrogen (secondary N) is 1. The van der Waals surface area contributed by atoms with Crippen LogP contribution in [0.25, 0.3) is 0 Å². The smallest absolute Gasteiger partial charge is 0.326 e. The highest BCUT2D eigenvalue weighted by Gasteiger charge is 2.32. The first-order valence-corrected chi connectivity index (χ1v) is 9.15. The summed E-state index contributed by atoms with van der Waals surface area (Å²) in [5.41, 5.74) is 0. The summed E-state index contributed by atoms with van der Waals surface area (Å²) in [6.45, 7) is 2.60. The number of benzene rings is 1. The normalized spacial score (nSPS) is 20.0. The molecule has 1 heterocycles. The number of carboxylic acid groups (broad SMARTS) is 1. The number of carboxylic acids is 1. The minimum atomic E-state index is -1.05. The zero-order valence-corrected chi connectivity index (χ0v) is 14.7. The van der Waals surface area contributed by atoms with Crippen LogP contribution in [0.5, 0.6) is 5.75 Å². The maximum Gasteiger partial charge on any atom is 0.326 e. The van der Waals surface area contributed by atoms with Crippen molar-refractivity contribution in [3.8, 4) is 5.75 Å². The number of aliphatic carboxylic acids is 1. The van der Waals surface area contributed by atoms with Gasteiger partial charge in [0.25, 0.3) is 5.91 Å². The van der Waals surface area contributed by atoms with Crippen LogP contribution < -0.4 is 10.1 Å². The van der Waals surface area contributed by atoms with Gasteiger partial charge in [0.05, 0.1) is 6.61 Å². The van der Waals surface area contributed by atoms with Gasteiger partial charge in [-0.25, -0.2) is 4.79 Å². The van der Waals surface area contributed by atoms with Gasteiger partial charge in [-0.05, 0) is 50.3 Å². The van der Waals surface area contributed by atoms with Crippen LogP contribution in [0.4, 0.5) is 0 Å². The molecule has 1 aromatic carbocycles. The average Bonchev–Trinajstić information content (AvgIpc) is 2.60. The van der Waals surface area contributed by atoms with E-state index in [0.717, 1.165) is 17.7 Å². The Bertz CT molecular complexity index is 557. The molecule has 2 N–H and O–H groups in total. The second kappa shape index (κ2) is 8.94. The van der Waals surface area contributed by atoms with Crippen LogP contribution in [0.3, 0.4) is 0 Å². The molecular formula is C17H23NO5S. The molecule has 7 heteroatoms. The fraction of sp³-hybridized carbons (Fsp3) is 0.529. The average molecular weight is 353 g/mol. The molecule has 1 fully saturated rings. The predicted molar refractivity (Wildman–Crippen MR) is 91.4 cm³/mol. The van der Waals surface area contributed by atoms with Gasteiger partial charge >= 0.3 is 5.97 Å². The number of hydrogen-bond acceptors (Lipinski definition) is 5. The van der Waals surface area contributed by atoms with Crippen LogP contribution in [0.15, 0.2) is 29.2 Å². The molecule has 2 rings (SSSR count). The van der Waals surface area contributed by atoms with Crippen molar-refractivity contribution in [3.05, 3.63) is 24.3 Å². The van der Waals surface area contributed by atoms with Crippen molar-refractivity contribution >= 4 is 23.6 Å². The van der Waals surface area contributed by atoms with Crippen molar-refractivity contribution < 1.29 is 24.2 Å². The maximum absolute atomic E-state index is 12.3. The molecule has 1 aliphatic rings. The summed E-state index contributed by atoms with van der Waals surface area (Å²) in [5, 5.41) is 12.0. The van der Waals surface area contributed by atoms with E-state index in [-0.39, 0.29) is 5.92 Å². The second-order valence-corrected chi connectivity index (χ2v) is 6.62. The summed E-state index contributed by atoms with van der Waals surface area (Å²) in [6.07, 6.45) is 2.73. The Morgan fingerprint density at radius 3 is 2.62 bits per heavy atom. The molecule has 0 aliphatic carbocycles. The summed E-state index contributed by atoms with van der Waals surface area (Å²) in [6, 6.07) is 6.44. The topological polar surface area (TPSA) is 84.9 Å². The first-order valence-electron chi connectivity index (χ1n) is 7.93. The fourth-order valence-corrected chi connectivity index (χ4v) is 3.00. The molecule has 6 nitrogen and oxygen atoms in total. The molecular weight excluding hydrogens is 330 g/mol. The highest BCUT2D eigenvalue weighted by Crippen LogP contribution is 2.21. The number of hydrogen-bond donors (Lipinski definition) is 2. The minimum Gasteiger partial charge on any atom is -0.481 e. The molecule has 3 atom stereocenters. The molecule has 0 saturated carbocycles. The summed E-state index contributed by atoms with van der Waals surface area (Å²) in [5.74, 6) is -1.13. The Hall–Kier alpha value is -1.73. The van der Waals surface area contributed by atoms with E-state index >= 15 is 0 Å². The van der Waals surface area contributed by atoms with Crippen molar-refractivity contribution in [2.24, 2.45) is 5.92 Å². The minimum absolute atomic E-state index is 0.215. The monoisotopic (exact) mass is 353 g/mol. The van der Waals surface area contributed by atoms with E-state index in [1.54, 1.807) is 30.8 Å². The third-order valence-electron chi connectivity index (χ3n) is 3.97. The highest BCUT2D eigenvalue weighted by molar-refractivity contribution is 7.98. The molecule has 0 spiro atoms. The predicted octanol–water partition coefficient (Wildman–Crippen LogP) is 2.17. The molecule has 132 valence electrons. The third kappa shape index (κ3) is 5.14. The number of amides is 1. The number of thioether (sulfide) groups is 1. The Kier molecular flexibility index (Phi) is 6.93. The Balaban J connectivity index is 1.93. The number of rotatable bonds is 7. The van der Waals surface area contributed by atoms with Crippen LogP contribution in [0.1, 0.15) is 19.8 Å². The van der Waals surface area contributed by atoms with Gasteiger partial charge < -0.3 is 19.9 Å². The molecule has 1 aromatic rings. The van der Waals surface area contributed by atoms with E-state index in [1.807, 2.05) is 18.4 Å². The largest absolute Gasteiger partial charge is 0.481 e. The van der Waals surface area contributed by atoms with Crippen molar-refractivity contribution in [1.82, 2.24) is 5.32 Å². The van der Waals surface area contributed by atoms with Crippen molar-refractivity contribution in [1.29, 1.82) is 0 Å². The van der Waals surface area contributed by atoms with Gasteiger partial charge in [0.15, 0.2) is 6.10 Å². The van der Waals surface area contributed by atoms with Crippen molar-refractivity contribution in [2.75, 3.05) is 19.5 Å². The first kappa shape index (κ1) is 18.6. The molecule has 0 aromatic heterocycles. The number of carbonyl (C=O) groups excluding carboxylic acids is 1. The van der Waals surface area contributed by atoms with Gasteiger partial charge in [-0.1, -0.05) is 0 Å². The van der Waals surface area contributed by atoms with Gasteiger partial charge in [0.1, 0.15) is 11.8 Å². The van der Waals surface area contributed by atoms with Crippen LogP contribution in [-0.2, 0) is 14.3 Å². The zero-order valence-electron chi connectivity index (χ0n) is 13.9. The molecule has 0 bridgehead atoms. The van der Waals surface area contributed by atoms with Crippen molar-refractivity contribution in [3.63, 3.8) is 0 Å². The van der Waals surface area contributed by atoms with Gasteiger partial charge in [-0.2, -0.15) is 0 Å². The summed E-state index contributed by atoms with van der Waals surface area (Å²) in [4.78, 5) is 24.9. The van der Waals surface area contributed by atoms with E-state index in [9.17, 15) is 14.7 Å². The molecule has 1 saturated heterocycles. The lowest BCUT2D eigenvalue weighted by molar-refractivity contribution is -0.146. The lowest BCUT2D eigenvalue weighted by Gasteiger charge is -2.28. The lowest BCUT2D eigenvalue weighted by Crippen LogP contribution is -2.51. The van der Waals surface area contributed by atoms with Crippen LogP contribution in [0.2, 0.25) is 0 Å². The summed E-state index contributed by atoms with van der Waals surface area (Å²) >= 11 is 1.62. The van der Waals surface area contributed by atoms with Crippen LogP contribution in [0, 0.1) is 5.92 Å². The molecule has 0 radical (unpaired) electrons. The van der Waals surface area contributed by atoms with Crippen LogP contribution in [-0.4, -0.2) is 48.6 Å². The number of ether oxygens (including phenoxy) is 2. The van der Waals surface area contributed by atoms with E-state index in [0.29, 0.717) is 19.0 Å².